The van der Waals surface area contributed by atoms with Gasteiger partial charge in [0.15, 0.2) is 0 Å². The Balaban J connectivity index is 2.09. The van der Waals surface area contributed by atoms with Crippen LogP contribution in [-0.4, -0.2) is 9.97 Å². The zero-order chi connectivity index (χ0) is 13.1. The van der Waals surface area contributed by atoms with Crippen LogP contribution in [0.2, 0.25) is 0 Å². The fourth-order valence-corrected chi connectivity index (χ4v) is 3.09. The molecule has 2 heterocycles. The Labute approximate surface area is 120 Å². The van der Waals surface area contributed by atoms with Gasteiger partial charge in [0, 0.05) is 28.4 Å². The van der Waals surface area contributed by atoms with Crippen LogP contribution in [0.4, 0.5) is 0 Å². The number of halogens is 1. The van der Waals surface area contributed by atoms with Gasteiger partial charge in [0.05, 0.1) is 11.6 Å². The van der Waals surface area contributed by atoms with Crippen LogP contribution in [0.15, 0.2) is 54.9 Å². The number of rotatable bonds is 3. The molecule has 0 atom stereocenters. The normalized spacial score (nSPS) is 10.6. The molecule has 0 N–H and O–H groups in total. The number of aromatic nitrogens is 2. The molecule has 94 valence electrons. The van der Waals surface area contributed by atoms with E-state index >= 15 is 0 Å². The van der Waals surface area contributed by atoms with Gasteiger partial charge in [-0.15, -0.1) is 22.9 Å². The van der Waals surface area contributed by atoms with Crippen LogP contribution in [-0.2, 0) is 5.88 Å². The molecule has 1 aromatic carbocycles. The van der Waals surface area contributed by atoms with Crippen molar-refractivity contribution in [2.75, 3.05) is 0 Å². The zero-order valence-electron chi connectivity index (χ0n) is 10.1. The highest BCUT2D eigenvalue weighted by Crippen LogP contribution is 2.34. The third kappa shape index (κ3) is 2.53. The molecule has 0 amide bonds. The number of pyridine rings is 1. The smallest absolute Gasteiger partial charge is 0.125 e. The number of thiazole rings is 1. The summed E-state index contributed by atoms with van der Waals surface area (Å²) in [6.07, 6.45) is 3.59. The van der Waals surface area contributed by atoms with Gasteiger partial charge in [-0.2, -0.15) is 0 Å². The lowest BCUT2D eigenvalue weighted by molar-refractivity contribution is 1.30. The lowest BCUT2D eigenvalue weighted by Crippen LogP contribution is -1.82. The minimum absolute atomic E-state index is 0.474. The van der Waals surface area contributed by atoms with Gasteiger partial charge in [0.2, 0.25) is 0 Å². The first-order chi connectivity index (χ1) is 9.38. The molecule has 0 radical (unpaired) electrons. The van der Waals surface area contributed by atoms with E-state index in [4.69, 9.17) is 16.6 Å². The van der Waals surface area contributed by atoms with E-state index < -0.39 is 0 Å². The molecule has 4 heteroatoms. The summed E-state index contributed by atoms with van der Waals surface area (Å²) < 4.78 is 0. The minimum Gasteiger partial charge on any atom is -0.264 e. The molecule has 0 aliphatic rings. The zero-order valence-corrected chi connectivity index (χ0v) is 11.7. The van der Waals surface area contributed by atoms with E-state index in [1.54, 1.807) is 17.5 Å². The molecule has 0 aliphatic carbocycles. The Bertz CT molecular complexity index is 665. The van der Waals surface area contributed by atoms with Crippen LogP contribution in [0, 0.1) is 0 Å². The summed E-state index contributed by atoms with van der Waals surface area (Å²) >= 11 is 7.66. The summed E-state index contributed by atoms with van der Waals surface area (Å²) in [6.45, 7) is 0. The Morgan fingerprint density at radius 2 is 1.79 bits per heavy atom. The predicted molar refractivity (Wildman–Crippen MR) is 80.3 cm³/mol. The van der Waals surface area contributed by atoms with Crippen LogP contribution < -0.4 is 0 Å². The first-order valence-electron chi connectivity index (χ1n) is 5.90. The van der Waals surface area contributed by atoms with E-state index in [9.17, 15) is 0 Å². The maximum atomic E-state index is 6.04. The van der Waals surface area contributed by atoms with Crippen LogP contribution >= 0.6 is 22.9 Å². The number of benzene rings is 1. The van der Waals surface area contributed by atoms with Crippen LogP contribution in [0.3, 0.4) is 0 Å². The van der Waals surface area contributed by atoms with Crippen molar-refractivity contribution in [1.82, 2.24) is 9.97 Å². The molecule has 0 spiro atoms. The van der Waals surface area contributed by atoms with E-state index in [0.717, 1.165) is 26.7 Å². The average Bonchev–Trinajstić information content (AvgIpc) is 2.93. The fourth-order valence-electron chi connectivity index (χ4n) is 1.88. The topological polar surface area (TPSA) is 25.8 Å². The molecular weight excluding hydrogens is 276 g/mol. The number of hydrogen-bond acceptors (Lipinski definition) is 3. The maximum Gasteiger partial charge on any atom is 0.125 e. The van der Waals surface area contributed by atoms with Crippen molar-refractivity contribution in [3.05, 3.63) is 59.7 Å². The first-order valence-corrected chi connectivity index (χ1v) is 7.25. The first kappa shape index (κ1) is 12.3. The standard InChI is InChI=1S/C15H11ClN2S/c16-9-13-14(11-5-2-1-3-6-11)18-15(19-13)12-7-4-8-17-10-12/h1-8,10H,9H2. The summed E-state index contributed by atoms with van der Waals surface area (Å²) in [6, 6.07) is 14.1. The Morgan fingerprint density at radius 1 is 1.00 bits per heavy atom. The molecule has 0 unspecified atom stereocenters. The summed E-state index contributed by atoms with van der Waals surface area (Å²) in [5.41, 5.74) is 3.10. The summed E-state index contributed by atoms with van der Waals surface area (Å²) in [4.78, 5) is 9.94. The molecule has 0 saturated carbocycles. The van der Waals surface area contributed by atoms with Crippen LogP contribution in [0.5, 0.6) is 0 Å². The van der Waals surface area contributed by atoms with Crippen molar-refractivity contribution in [3.63, 3.8) is 0 Å². The van der Waals surface area contributed by atoms with E-state index in [-0.39, 0.29) is 0 Å². The Kier molecular flexibility index (Phi) is 3.58. The lowest BCUT2D eigenvalue weighted by atomic mass is 10.1. The summed E-state index contributed by atoms with van der Waals surface area (Å²) in [5.74, 6) is 0.474. The molecule has 0 aliphatic heterocycles. The van der Waals surface area contributed by atoms with Crippen molar-refractivity contribution in [2.24, 2.45) is 0 Å². The van der Waals surface area contributed by atoms with Crippen molar-refractivity contribution >= 4 is 22.9 Å². The molecule has 3 rings (SSSR count). The van der Waals surface area contributed by atoms with Crippen molar-refractivity contribution in [2.45, 2.75) is 5.88 Å². The van der Waals surface area contributed by atoms with Crippen molar-refractivity contribution in [1.29, 1.82) is 0 Å². The molecular formula is C15H11ClN2S. The van der Waals surface area contributed by atoms with E-state index in [2.05, 4.69) is 17.1 Å². The van der Waals surface area contributed by atoms with Gasteiger partial charge in [-0.1, -0.05) is 30.3 Å². The number of nitrogens with zero attached hydrogens (tertiary/aromatic N) is 2. The minimum atomic E-state index is 0.474. The van der Waals surface area contributed by atoms with Crippen molar-refractivity contribution in [3.8, 4) is 21.8 Å². The molecule has 2 nitrogen and oxygen atoms in total. The molecule has 0 bridgehead atoms. The third-order valence-corrected chi connectivity index (χ3v) is 4.30. The van der Waals surface area contributed by atoms with Gasteiger partial charge in [0.25, 0.3) is 0 Å². The average molecular weight is 287 g/mol. The molecule has 0 saturated heterocycles. The second-order valence-electron chi connectivity index (χ2n) is 4.03. The van der Waals surface area contributed by atoms with Gasteiger partial charge < -0.3 is 0 Å². The SMILES string of the molecule is ClCc1sc(-c2cccnc2)nc1-c1ccccc1. The van der Waals surface area contributed by atoms with Gasteiger partial charge in [0.1, 0.15) is 5.01 Å². The quantitative estimate of drug-likeness (QED) is 0.657. The third-order valence-electron chi connectivity index (χ3n) is 2.77. The molecule has 19 heavy (non-hydrogen) atoms. The second-order valence-corrected chi connectivity index (χ2v) is 5.38. The largest absolute Gasteiger partial charge is 0.264 e. The monoisotopic (exact) mass is 286 g/mol. The number of alkyl halides is 1. The Hall–Kier alpha value is -1.71. The van der Waals surface area contributed by atoms with Crippen LogP contribution in [0.1, 0.15) is 4.88 Å². The second kappa shape index (κ2) is 5.51. The molecule has 2 aromatic heterocycles. The maximum absolute atomic E-state index is 6.04. The highest BCUT2D eigenvalue weighted by molar-refractivity contribution is 7.15. The van der Waals surface area contributed by atoms with Crippen molar-refractivity contribution < 1.29 is 0 Å². The van der Waals surface area contributed by atoms with E-state index in [0.29, 0.717) is 5.88 Å². The predicted octanol–water partition coefficient (Wildman–Crippen LogP) is 4.61. The van der Waals surface area contributed by atoms with Gasteiger partial charge in [-0.3, -0.25) is 4.98 Å². The molecule has 0 fully saturated rings. The Morgan fingerprint density at radius 3 is 2.47 bits per heavy atom. The summed E-state index contributed by atoms with van der Waals surface area (Å²) in [5, 5.41) is 0.961. The van der Waals surface area contributed by atoms with Gasteiger partial charge in [-0.05, 0) is 12.1 Å². The fraction of sp³-hybridized carbons (Fsp3) is 0.0667. The lowest BCUT2D eigenvalue weighted by Gasteiger charge is -1.98. The van der Waals surface area contributed by atoms with E-state index in [1.807, 2.05) is 36.5 Å². The van der Waals surface area contributed by atoms with Gasteiger partial charge >= 0.3 is 0 Å². The van der Waals surface area contributed by atoms with Crippen LogP contribution in [0.25, 0.3) is 21.8 Å². The molecule has 3 aromatic rings. The number of hydrogen-bond donors (Lipinski definition) is 0. The van der Waals surface area contributed by atoms with Gasteiger partial charge in [-0.25, -0.2) is 4.98 Å². The van der Waals surface area contributed by atoms with E-state index in [1.165, 1.54) is 0 Å². The highest BCUT2D eigenvalue weighted by Gasteiger charge is 2.13. The highest BCUT2D eigenvalue weighted by atomic mass is 35.5. The summed E-state index contributed by atoms with van der Waals surface area (Å²) in [7, 11) is 0.